The highest BCUT2D eigenvalue weighted by molar-refractivity contribution is 7.13. The molecule has 0 radical (unpaired) electrons. The van der Waals surface area contributed by atoms with Crippen LogP contribution in [0.5, 0.6) is 0 Å². The molecule has 4 aromatic rings. The van der Waals surface area contributed by atoms with Crippen LogP contribution < -0.4 is 16.6 Å². The van der Waals surface area contributed by atoms with Crippen molar-refractivity contribution in [1.29, 1.82) is 0 Å². The van der Waals surface area contributed by atoms with Crippen molar-refractivity contribution in [3.63, 3.8) is 0 Å². The van der Waals surface area contributed by atoms with Crippen LogP contribution in [0.15, 0.2) is 58.3 Å². The first-order valence-electron chi connectivity index (χ1n) is 9.39. The Hall–Kier alpha value is -3.59. The van der Waals surface area contributed by atoms with Gasteiger partial charge in [0.2, 0.25) is 5.91 Å². The first-order chi connectivity index (χ1) is 14.5. The van der Waals surface area contributed by atoms with Crippen LogP contribution in [0.1, 0.15) is 12.5 Å². The molecule has 0 aliphatic heterocycles. The molecule has 1 N–H and O–H groups in total. The van der Waals surface area contributed by atoms with Crippen LogP contribution in [0.25, 0.3) is 21.6 Å². The van der Waals surface area contributed by atoms with Gasteiger partial charge in [0.05, 0.1) is 11.2 Å². The molecule has 1 aromatic carbocycles. The molecule has 0 unspecified atom stereocenters. The standard InChI is InChI=1S/C21H19N5O3S/c1-3-13-8-4-5-9-14(13)23-16(27)12-26-18-17(15-10-6-7-11-22-15)24-30-19(18)20(28)25(2)21(26)29/h4-11H,3,12H2,1-2H3,(H,23,27). The Labute approximate surface area is 175 Å². The Morgan fingerprint density at radius 2 is 1.90 bits per heavy atom. The maximum absolute atomic E-state index is 12.9. The topological polar surface area (TPSA) is 98.9 Å². The summed E-state index contributed by atoms with van der Waals surface area (Å²) in [4.78, 5) is 42.6. The Balaban J connectivity index is 1.82. The third-order valence-electron chi connectivity index (χ3n) is 4.84. The molecule has 0 saturated heterocycles. The van der Waals surface area contributed by atoms with E-state index < -0.39 is 11.2 Å². The van der Waals surface area contributed by atoms with Gasteiger partial charge in [0, 0.05) is 18.9 Å². The number of rotatable bonds is 5. The number of hydrogen-bond acceptors (Lipinski definition) is 6. The van der Waals surface area contributed by atoms with Crippen LogP contribution in [-0.4, -0.2) is 24.4 Å². The third kappa shape index (κ3) is 3.43. The summed E-state index contributed by atoms with van der Waals surface area (Å²) in [6.07, 6.45) is 2.37. The van der Waals surface area contributed by atoms with Gasteiger partial charge in [-0.05, 0) is 41.7 Å². The molecule has 3 heterocycles. The molecule has 0 atom stereocenters. The number of fused-ring (bicyclic) bond motifs is 1. The second-order valence-corrected chi connectivity index (χ2v) is 7.49. The SMILES string of the molecule is CCc1ccccc1NC(=O)Cn1c(=O)n(C)c(=O)c2snc(-c3ccccn3)c21. The van der Waals surface area contributed by atoms with Crippen LogP contribution in [0.3, 0.4) is 0 Å². The lowest BCUT2D eigenvalue weighted by molar-refractivity contribution is -0.116. The van der Waals surface area contributed by atoms with E-state index in [0.717, 1.165) is 28.1 Å². The number of anilines is 1. The van der Waals surface area contributed by atoms with Crippen LogP contribution >= 0.6 is 11.5 Å². The first-order valence-corrected chi connectivity index (χ1v) is 10.2. The van der Waals surface area contributed by atoms with Crippen molar-refractivity contribution in [1.82, 2.24) is 18.5 Å². The zero-order valence-corrected chi connectivity index (χ0v) is 17.3. The number of amides is 1. The minimum Gasteiger partial charge on any atom is -0.324 e. The van der Waals surface area contributed by atoms with Crippen LogP contribution in [0.4, 0.5) is 5.69 Å². The Bertz CT molecular complexity index is 1350. The number of nitrogens with zero attached hydrogens (tertiary/aromatic N) is 4. The lowest BCUT2D eigenvalue weighted by atomic mass is 10.1. The van der Waals surface area contributed by atoms with Gasteiger partial charge in [0.15, 0.2) is 0 Å². The molecule has 0 aliphatic carbocycles. The summed E-state index contributed by atoms with van der Waals surface area (Å²) < 4.78 is 6.95. The number of carbonyl (C=O) groups is 1. The Morgan fingerprint density at radius 1 is 1.13 bits per heavy atom. The highest BCUT2D eigenvalue weighted by atomic mass is 32.1. The molecule has 9 heteroatoms. The fraction of sp³-hybridized carbons (Fsp3) is 0.190. The van der Waals surface area contributed by atoms with Crippen molar-refractivity contribution in [3.8, 4) is 11.4 Å². The second kappa shape index (κ2) is 8.03. The summed E-state index contributed by atoms with van der Waals surface area (Å²) in [5, 5.41) is 2.87. The lowest BCUT2D eigenvalue weighted by Crippen LogP contribution is -2.39. The highest BCUT2D eigenvalue weighted by Crippen LogP contribution is 2.26. The van der Waals surface area contributed by atoms with E-state index in [1.165, 1.54) is 11.6 Å². The van der Waals surface area contributed by atoms with Crippen molar-refractivity contribution in [2.75, 3.05) is 5.32 Å². The number of aromatic nitrogens is 4. The summed E-state index contributed by atoms with van der Waals surface area (Å²) >= 11 is 0.995. The largest absolute Gasteiger partial charge is 0.331 e. The zero-order valence-electron chi connectivity index (χ0n) is 16.5. The van der Waals surface area contributed by atoms with Crippen LogP contribution in [-0.2, 0) is 24.8 Å². The molecule has 30 heavy (non-hydrogen) atoms. The van der Waals surface area contributed by atoms with Gasteiger partial charge in [0.25, 0.3) is 5.56 Å². The average molecular weight is 421 g/mol. The molecule has 4 rings (SSSR count). The van der Waals surface area contributed by atoms with E-state index in [0.29, 0.717) is 27.3 Å². The van der Waals surface area contributed by atoms with Gasteiger partial charge in [-0.2, -0.15) is 4.37 Å². The normalized spacial score (nSPS) is 11.0. The lowest BCUT2D eigenvalue weighted by Gasteiger charge is -2.13. The number of nitrogens with one attached hydrogen (secondary N) is 1. The fourth-order valence-electron chi connectivity index (χ4n) is 3.29. The smallest absolute Gasteiger partial charge is 0.324 e. The van der Waals surface area contributed by atoms with E-state index in [1.54, 1.807) is 24.4 Å². The number of para-hydroxylation sites is 1. The molecule has 0 aliphatic rings. The fourth-order valence-corrected chi connectivity index (χ4v) is 4.16. The van der Waals surface area contributed by atoms with Gasteiger partial charge >= 0.3 is 5.69 Å². The highest BCUT2D eigenvalue weighted by Gasteiger charge is 2.21. The molecule has 0 bridgehead atoms. The minimum absolute atomic E-state index is 0.250. The number of benzene rings is 1. The summed E-state index contributed by atoms with van der Waals surface area (Å²) in [6.45, 7) is 1.75. The van der Waals surface area contributed by atoms with E-state index in [4.69, 9.17) is 0 Å². The molecule has 0 fully saturated rings. The summed E-state index contributed by atoms with van der Waals surface area (Å²) in [6, 6.07) is 12.8. The molecule has 0 spiro atoms. The van der Waals surface area contributed by atoms with E-state index in [1.807, 2.05) is 31.2 Å². The summed E-state index contributed by atoms with van der Waals surface area (Å²) in [7, 11) is 1.39. The minimum atomic E-state index is -0.580. The predicted molar refractivity (Wildman–Crippen MR) is 117 cm³/mol. The van der Waals surface area contributed by atoms with Gasteiger partial charge in [-0.3, -0.25) is 23.7 Å². The molecular weight excluding hydrogens is 402 g/mol. The van der Waals surface area contributed by atoms with Crippen molar-refractivity contribution < 1.29 is 4.79 Å². The van der Waals surface area contributed by atoms with E-state index in [9.17, 15) is 14.4 Å². The third-order valence-corrected chi connectivity index (χ3v) is 5.66. The van der Waals surface area contributed by atoms with Gasteiger partial charge < -0.3 is 5.32 Å². The van der Waals surface area contributed by atoms with Gasteiger partial charge in [-0.1, -0.05) is 31.2 Å². The number of aryl methyl sites for hydroxylation is 1. The van der Waals surface area contributed by atoms with Gasteiger partial charge in [-0.25, -0.2) is 4.79 Å². The number of hydrogen-bond donors (Lipinski definition) is 1. The van der Waals surface area contributed by atoms with Gasteiger partial charge in [-0.15, -0.1) is 0 Å². The Morgan fingerprint density at radius 3 is 2.63 bits per heavy atom. The van der Waals surface area contributed by atoms with Crippen molar-refractivity contribution in [2.45, 2.75) is 19.9 Å². The van der Waals surface area contributed by atoms with E-state index in [-0.39, 0.29) is 12.5 Å². The summed E-state index contributed by atoms with van der Waals surface area (Å²) in [5.74, 6) is -0.365. The van der Waals surface area contributed by atoms with Crippen LogP contribution in [0, 0.1) is 0 Å². The first kappa shape index (κ1) is 19.7. The van der Waals surface area contributed by atoms with Crippen molar-refractivity contribution in [2.24, 2.45) is 7.05 Å². The second-order valence-electron chi connectivity index (χ2n) is 6.72. The van der Waals surface area contributed by atoms with Crippen molar-refractivity contribution in [3.05, 3.63) is 75.1 Å². The molecule has 8 nitrogen and oxygen atoms in total. The molecule has 1 amide bonds. The molecule has 3 aromatic heterocycles. The predicted octanol–water partition coefficient (Wildman–Crippen LogP) is 2.42. The number of pyridine rings is 1. The van der Waals surface area contributed by atoms with Gasteiger partial charge in [0.1, 0.15) is 16.9 Å². The summed E-state index contributed by atoms with van der Waals surface area (Å²) in [5.41, 5.74) is 1.94. The van der Waals surface area contributed by atoms with E-state index >= 15 is 0 Å². The van der Waals surface area contributed by atoms with E-state index in [2.05, 4.69) is 14.7 Å². The average Bonchev–Trinajstić information content (AvgIpc) is 3.21. The maximum Gasteiger partial charge on any atom is 0.331 e. The Kier molecular flexibility index (Phi) is 5.28. The molecule has 0 saturated carbocycles. The molecular formula is C21H19N5O3S. The van der Waals surface area contributed by atoms with Crippen molar-refractivity contribution >= 4 is 33.3 Å². The molecule has 152 valence electrons. The maximum atomic E-state index is 12.9. The zero-order chi connectivity index (χ0) is 21.3. The quantitative estimate of drug-likeness (QED) is 0.534. The number of carbonyl (C=O) groups excluding carboxylic acids is 1. The van der Waals surface area contributed by atoms with Crippen LogP contribution in [0.2, 0.25) is 0 Å². The monoisotopic (exact) mass is 421 g/mol.